The molecular weight excluding hydrogens is 301 g/mol. The van der Waals surface area contributed by atoms with E-state index in [9.17, 15) is 4.57 Å². The van der Waals surface area contributed by atoms with Crippen LogP contribution in [-0.2, 0) is 11.1 Å². The van der Waals surface area contributed by atoms with Crippen molar-refractivity contribution in [2.24, 2.45) is 0 Å². The van der Waals surface area contributed by atoms with E-state index in [0.29, 0.717) is 6.54 Å². The maximum atomic E-state index is 11.1. The molecule has 1 heterocycles. The lowest BCUT2D eigenvalue weighted by molar-refractivity contribution is 0.318. The van der Waals surface area contributed by atoms with Crippen molar-refractivity contribution in [3.05, 3.63) is 48.5 Å². The summed E-state index contributed by atoms with van der Waals surface area (Å²) >= 11 is 0. The Hall–Kier alpha value is -1.65. The normalized spacial score (nSPS) is 11.5. The monoisotopic (exact) mass is 321 g/mol. The van der Waals surface area contributed by atoms with Gasteiger partial charge < -0.3 is 19.5 Å². The third-order valence-corrected chi connectivity index (χ3v) is 4.08. The molecule has 2 aromatic carbocycles. The first-order chi connectivity index (χ1) is 10.5. The number of aliphatic hydroxyl groups excluding tert-OH is 1. The molecule has 118 valence electrons. The summed E-state index contributed by atoms with van der Waals surface area (Å²) in [6.45, 7) is 2.25. The molecule has 1 aromatic heterocycles. The minimum Gasteiger partial charge on any atom is -0.397 e. The fourth-order valence-corrected chi connectivity index (χ4v) is 2.94. The van der Waals surface area contributed by atoms with Crippen molar-refractivity contribution < 1.29 is 19.5 Å². The first kappa shape index (κ1) is 16.7. The fourth-order valence-electron chi connectivity index (χ4n) is 2.47. The molecule has 0 unspecified atom stereocenters. The summed E-state index contributed by atoms with van der Waals surface area (Å²) in [5, 5.41) is 9.80. The average molecular weight is 321 g/mol. The standard InChI is InChI=1S/C14H14NO3P.C2H6O/c16-19(17,18)10-9-15-13-7-3-1-5-11(13)12-6-2-4-8-14(12)15;1-2-3/h1-8H,9-10H2,(H2,16,17,18);3H,2H2,1H3. The summed E-state index contributed by atoms with van der Waals surface area (Å²) in [6, 6.07) is 15.9. The van der Waals surface area contributed by atoms with Gasteiger partial charge in [0.1, 0.15) is 0 Å². The molecule has 5 nitrogen and oxygen atoms in total. The maximum Gasteiger partial charge on any atom is 0.327 e. The van der Waals surface area contributed by atoms with E-state index in [1.165, 1.54) is 0 Å². The Morgan fingerprint density at radius 1 is 0.955 bits per heavy atom. The van der Waals surface area contributed by atoms with E-state index >= 15 is 0 Å². The number of aryl methyl sites for hydroxylation is 1. The van der Waals surface area contributed by atoms with E-state index in [1.54, 1.807) is 6.92 Å². The average Bonchev–Trinajstić information content (AvgIpc) is 2.79. The zero-order valence-corrected chi connectivity index (χ0v) is 13.3. The number of aromatic nitrogens is 1. The van der Waals surface area contributed by atoms with E-state index < -0.39 is 7.60 Å². The van der Waals surface area contributed by atoms with Gasteiger partial charge in [-0.2, -0.15) is 0 Å². The zero-order chi connectivity index (χ0) is 16.2. The molecule has 0 amide bonds. The molecule has 0 bridgehead atoms. The fraction of sp³-hybridized carbons (Fsp3) is 0.250. The molecule has 0 atom stereocenters. The third-order valence-electron chi connectivity index (χ3n) is 3.29. The Morgan fingerprint density at radius 3 is 1.77 bits per heavy atom. The van der Waals surface area contributed by atoms with Gasteiger partial charge in [0.15, 0.2) is 0 Å². The van der Waals surface area contributed by atoms with E-state index in [2.05, 4.69) is 0 Å². The number of hydrogen-bond donors (Lipinski definition) is 3. The van der Waals surface area contributed by atoms with Crippen molar-refractivity contribution in [2.45, 2.75) is 13.5 Å². The van der Waals surface area contributed by atoms with Crippen molar-refractivity contribution >= 4 is 29.4 Å². The number of aliphatic hydroxyl groups is 1. The van der Waals surface area contributed by atoms with Crippen LogP contribution < -0.4 is 0 Å². The summed E-state index contributed by atoms with van der Waals surface area (Å²) in [5.41, 5.74) is 2.02. The van der Waals surface area contributed by atoms with Gasteiger partial charge in [-0.1, -0.05) is 36.4 Å². The van der Waals surface area contributed by atoms with Crippen molar-refractivity contribution in [3.63, 3.8) is 0 Å². The molecule has 6 heteroatoms. The number of hydrogen-bond acceptors (Lipinski definition) is 2. The van der Waals surface area contributed by atoms with Gasteiger partial charge in [-0.05, 0) is 19.1 Å². The van der Waals surface area contributed by atoms with Crippen LogP contribution in [0.1, 0.15) is 6.92 Å². The van der Waals surface area contributed by atoms with E-state index in [4.69, 9.17) is 14.9 Å². The summed E-state index contributed by atoms with van der Waals surface area (Å²) in [7, 11) is -3.98. The quantitative estimate of drug-likeness (QED) is 0.648. The second-order valence-corrected chi connectivity index (χ2v) is 6.67. The molecule has 0 aliphatic heterocycles. The second-order valence-electron chi connectivity index (χ2n) is 4.89. The topological polar surface area (TPSA) is 82.7 Å². The Labute approximate surface area is 129 Å². The lowest BCUT2D eigenvalue weighted by Gasteiger charge is -2.08. The first-order valence-electron chi connectivity index (χ1n) is 7.09. The highest BCUT2D eigenvalue weighted by atomic mass is 31.2. The highest BCUT2D eigenvalue weighted by Crippen LogP contribution is 2.36. The van der Waals surface area contributed by atoms with Crippen LogP contribution in [0.3, 0.4) is 0 Å². The third kappa shape index (κ3) is 3.76. The molecule has 3 rings (SSSR count). The minimum atomic E-state index is -3.98. The van der Waals surface area contributed by atoms with Crippen LogP contribution in [0.5, 0.6) is 0 Å². The minimum absolute atomic E-state index is 0.143. The molecule has 22 heavy (non-hydrogen) atoms. The smallest absolute Gasteiger partial charge is 0.327 e. The molecule has 3 N–H and O–H groups in total. The van der Waals surface area contributed by atoms with Crippen LogP contribution >= 0.6 is 7.60 Å². The summed E-state index contributed by atoms with van der Waals surface area (Å²) < 4.78 is 13.1. The molecule has 0 spiro atoms. The van der Waals surface area contributed by atoms with Crippen molar-refractivity contribution in [1.82, 2.24) is 4.57 Å². The van der Waals surface area contributed by atoms with Crippen molar-refractivity contribution in [3.8, 4) is 0 Å². The highest BCUT2D eigenvalue weighted by Gasteiger charge is 2.15. The van der Waals surface area contributed by atoms with E-state index in [0.717, 1.165) is 21.8 Å². The van der Waals surface area contributed by atoms with Crippen LogP contribution in [0.25, 0.3) is 21.8 Å². The number of rotatable bonds is 3. The lowest BCUT2D eigenvalue weighted by atomic mass is 10.2. The second kappa shape index (κ2) is 7.07. The molecule has 0 fully saturated rings. The zero-order valence-electron chi connectivity index (χ0n) is 12.4. The maximum absolute atomic E-state index is 11.1. The summed E-state index contributed by atoms with van der Waals surface area (Å²) in [6.07, 6.45) is -0.143. The lowest BCUT2D eigenvalue weighted by Crippen LogP contribution is -2.02. The Kier molecular flexibility index (Phi) is 5.37. The molecule has 0 aliphatic carbocycles. The van der Waals surface area contributed by atoms with Gasteiger partial charge in [-0.3, -0.25) is 4.57 Å². The van der Waals surface area contributed by atoms with Crippen LogP contribution in [0.15, 0.2) is 48.5 Å². The summed E-state index contributed by atoms with van der Waals surface area (Å²) in [4.78, 5) is 18.1. The predicted octanol–water partition coefficient (Wildman–Crippen LogP) is 2.97. The Morgan fingerprint density at radius 2 is 1.36 bits per heavy atom. The molecule has 0 saturated carbocycles. The first-order valence-corrected chi connectivity index (χ1v) is 8.89. The van der Waals surface area contributed by atoms with Gasteiger partial charge in [-0.15, -0.1) is 0 Å². The largest absolute Gasteiger partial charge is 0.397 e. The van der Waals surface area contributed by atoms with Gasteiger partial charge in [0.05, 0.1) is 6.16 Å². The van der Waals surface area contributed by atoms with Crippen LogP contribution in [0, 0.1) is 0 Å². The molecule has 0 aliphatic rings. The van der Waals surface area contributed by atoms with Crippen molar-refractivity contribution in [2.75, 3.05) is 12.8 Å². The molecule has 0 radical (unpaired) electrons. The van der Waals surface area contributed by atoms with Crippen molar-refractivity contribution in [1.29, 1.82) is 0 Å². The summed E-state index contributed by atoms with van der Waals surface area (Å²) in [5.74, 6) is 0. The van der Waals surface area contributed by atoms with Gasteiger partial charge >= 0.3 is 7.60 Å². The number of para-hydroxylation sites is 2. The Bertz CT molecular complexity index is 753. The van der Waals surface area contributed by atoms with Gasteiger partial charge in [0, 0.05) is 35.0 Å². The SMILES string of the molecule is CCO.O=P(O)(O)CCn1c2ccccc2c2ccccc21. The van der Waals surface area contributed by atoms with Gasteiger partial charge in [0.25, 0.3) is 0 Å². The van der Waals surface area contributed by atoms with E-state index in [1.807, 2.05) is 53.1 Å². The van der Waals surface area contributed by atoms with Crippen LogP contribution in [0.2, 0.25) is 0 Å². The van der Waals surface area contributed by atoms with Crippen LogP contribution in [-0.4, -0.2) is 32.2 Å². The Balaban J connectivity index is 0.000000545. The van der Waals surface area contributed by atoms with Crippen LogP contribution in [0.4, 0.5) is 0 Å². The number of benzene rings is 2. The van der Waals surface area contributed by atoms with Gasteiger partial charge in [0.2, 0.25) is 0 Å². The molecule has 3 aromatic rings. The van der Waals surface area contributed by atoms with Gasteiger partial charge in [-0.25, -0.2) is 0 Å². The molecule has 0 saturated heterocycles. The molecular formula is C16H20NO4P. The number of fused-ring (bicyclic) bond motifs is 3. The highest BCUT2D eigenvalue weighted by molar-refractivity contribution is 7.51. The predicted molar refractivity (Wildman–Crippen MR) is 89.1 cm³/mol. The van der Waals surface area contributed by atoms with E-state index in [-0.39, 0.29) is 12.8 Å². The number of nitrogens with zero attached hydrogens (tertiary/aromatic N) is 1.